The number of para-hydroxylation sites is 2. The Morgan fingerprint density at radius 1 is 0.354 bits per heavy atom. The fourth-order valence-electron chi connectivity index (χ4n) is 7.27. The molecule has 7 aromatic carbocycles. The summed E-state index contributed by atoms with van der Waals surface area (Å²) in [5.74, 6) is 0. The molecule has 48 heavy (non-hydrogen) atoms. The maximum atomic E-state index is 9.92. The number of rotatable bonds is 4. The van der Waals surface area contributed by atoms with E-state index in [2.05, 4.69) is 143 Å². The van der Waals surface area contributed by atoms with Gasteiger partial charge in [0.2, 0.25) is 0 Å². The summed E-state index contributed by atoms with van der Waals surface area (Å²) in [7, 11) is 0. The van der Waals surface area contributed by atoms with Crippen LogP contribution in [-0.4, -0.2) is 9.13 Å². The molecule has 0 amide bonds. The Hall–Kier alpha value is -6.88. The number of fused-ring (bicyclic) bond motifs is 6. The van der Waals surface area contributed by atoms with Gasteiger partial charge in [0.1, 0.15) is 0 Å². The van der Waals surface area contributed by atoms with Gasteiger partial charge >= 0.3 is 0 Å². The van der Waals surface area contributed by atoms with Gasteiger partial charge in [0.15, 0.2) is 0 Å². The molecule has 0 atom stereocenters. The summed E-state index contributed by atoms with van der Waals surface area (Å²) in [6.07, 6.45) is 0. The van der Waals surface area contributed by atoms with Crippen molar-refractivity contribution >= 4 is 43.6 Å². The Labute approximate surface area is 277 Å². The number of benzene rings is 7. The molecule has 0 aliphatic heterocycles. The first-order valence-corrected chi connectivity index (χ1v) is 15.9. The summed E-state index contributed by atoms with van der Waals surface area (Å²) in [6.45, 7) is 0. The van der Waals surface area contributed by atoms with Gasteiger partial charge in [-0.15, -0.1) is 0 Å². The molecular formula is C44H26N4. The van der Waals surface area contributed by atoms with Crippen LogP contribution in [0.2, 0.25) is 0 Å². The topological polar surface area (TPSA) is 57.4 Å². The van der Waals surface area contributed by atoms with Crippen LogP contribution in [0, 0.1) is 22.7 Å². The van der Waals surface area contributed by atoms with Crippen LogP contribution < -0.4 is 0 Å². The number of hydrogen-bond donors (Lipinski definition) is 0. The van der Waals surface area contributed by atoms with Crippen LogP contribution in [-0.2, 0) is 0 Å². The van der Waals surface area contributed by atoms with Crippen molar-refractivity contribution in [3.05, 3.63) is 169 Å². The van der Waals surface area contributed by atoms with Gasteiger partial charge in [0.25, 0.3) is 0 Å². The first kappa shape index (κ1) is 27.4. The van der Waals surface area contributed by atoms with E-state index in [0.717, 1.165) is 39.0 Å². The van der Waals surface area contributed by atoms with Crippen LogP contribution in [0.4, 0.5) is 0 Å². The largest absolute Gasteiger partial charge is 0.309 e. The van der Waals surface area contributed by atoms with E-state index in [1.807, 2.05) is 18.2 Å². The van der Waals surface area contributed by atoms with Crippen LogP contribution in [0.5, 0.6) is 0 Å². The van der Waals surface area contributed by atoms with Crippen LogP contribution in [0.1, 0.15) is 11.1 Å². The highest BCUT2D eigenvalue weighted by atomic mass is 15.0. The van der Waals surface area contributed by atoms with Gasteiger partial charge in [-0.3, -0.25) is 0 Å². The Balaban J connectivity index is 1.32. The highest BCUT2D eigenvalue weighted by Crippen LogP contribution is 2.40. The molecule has 222 valence electrons. The predicted molar refractivity (Wildman–Crippen MR) is 195 cm³/mol. The average molecular weight is 611 g/mol. The predicted octanol–water partition coefficient (Wildman–Crippen LogP) is 11.0. The van der Waals surface area contributed by atoms with E-state index in [9.17, 15) is 10.5 Å². The van der Waals surface area contributed by atoms with E-state index in [4.69, 9.17) is 0 Å². The molecule has 2 heterocycles. The molecule has 0 unspecified atom stereocenters. The monoisotopic (exact) mass is 610 g/mol. The fourth-order valence-corrected chi connectivity index (χ4v) is 7.27. The minimum absolute atomic E-state index is 0.484. The summed E-state index contributed by atoms with van der Waals surface area (Å²) in [6, 6.07) is 59.1. The smallest absolute Gasteiger partial charge is 0.0998 e. The lowest BCUT2D eigenvalue weighted by atomic mass is 9.95. The number of aromatic nitrogens is 2. The van der Waals surface area contributed by atoms with E-state index in [1.54, 1.807) is 18.2 Å². The van der Waals surface area contributed by atoms with Gasteiger partial charge in [-0.1, -0.05) is 97.1 Å². The molecule has 0 saturated carbocycles. The standard InChI is InChI=1S/C44H26N4/c45-27-32-13-8-14-33(28-46)44(32)31-12-9-15-35(24-31)48-41-19-7-5-17-37(41)39-25-38-36-16-4-6-18-40(36)47(42(38)26-43(39)48)34-22-20-30(21-23-34)29-10-2-1-3-11-29/h1-26H. The second-order valence-electron chi connectivity index (χ2n) is 12.0. The third-order valence-corrected chi connectivity index (χ3v) is 9.40. The van der Waals surface area contributed by atoms with Gasteiger partial charge in [-0.2, -0.15) is 10.5 Å². The van der Waals surface area contributed by atoms with E-state index in [1.165, 1.54) is 32.7 Å². The third kappa shape index (κ3) is 4.14. The zero-order valence-electron chi connectivity index (χ0n) is 25.8. The summed E-state index contributed by atoms with van der Waals surface area (Å²) < 4.78 is 4.66. The van der Waals surface area contributed by atoms with Crippen molar-refractivity contribution in [3.63, 3.8) is 0 Å². The normalized spacial score (nSPS) is 11.3. The quantitative estimate of drug-likeness (QED) is 0.199. The Morgan fingerprint density at radius 3 is 1.50 bits per heavy atom. The lowest BCUT2D eigenvalue weighted by Gasteiger charge is -2.13. The maximum absolute atomic E-state index is 9.92. The molecule has 0 aliphatic carbocycles. The lowest BCUT2D eigenvalue weighted by Crippen LogP contribution is -1.97. The molecule has 0 N–H and O–H groups in total. The minimum Gasteiger partial charge on any atom is -0.309 e. The second-order valence-corrected chi connectivity index (χ2v) is 12.0. The van der Waals surface area contributed by atoms with Crippen molar-refractivity contribution in [1.29, 1.82) is 10.5 Å². The van der Waals surface area contributed by atoms with Crippen LogP contribution in [0.25, 0.3) is 77.2 Å². The maximum Gasteiger partial charge on any atom is 0.0998 e. The first-order chi connectivity index (χ1) is 23.7. The van der Waals surface area contributed by atoms with Crippen molar-refractivity contribution < 1.29 is 0 Å². The first-order valence-electron chi connectivity index (χ1n) is 15.9. The average Bonchev–Trinajstić information content (AvgIpc) is 3.66. The Bertz CT molecular complexity index is 2750. The van der Waals surface area contributed by atoms with E-state index in [0.29, 0.717) is 16.7 Å². The number of nitriles is 2. The lowest BCUT2D eigenvalue weighted by molar-refractivity contribution is 1.16. The zero-order valence-corrected chi connectivity index (χ0v) is 25.8. The summed E-state index contributed by atoms with van der Waals surface area (Å²) in [5.41, 5.74) is 11.4. The molecule has 4 nitrogen and oxygen atoms in total. The Morgan fingerprint density at radius 2 is 0.875 bits per heavy atom. The molecule has 4 heteroatoms. The number of hydrogen-bond acceptors (Lipinski definition) is 2. The molecule has 2 aromatic heterocycles. The van der Waals surface area contributed by atoms with Gasteiger partial charge < -0.3 is 9.13 Å². The van der Waals surface area contributed by atoms with E-state index >= 15 is 0 Å². The molecule has 0 bridgehead atoms. The molecule has 0 radical (unpaired) electrons. The summed E-state index contributed by atoms with van der Waals surface area (Å²) in [4.78, 5) is 0. The van der Waals surface area contributed by atoms with Crippen LogP contribution in [0.3, 0.4) is 0 Å². The Kier molecular flexibility index (Phi) is 6.22. The van der Waals surface area contributed by atoms with Gasteiger partial charge in [-0.25, -0.2) is 0 Å². The zero-order chi connectivity index (χ0) is 32.2. The molecule has 9 aromatic rings. The van der Waals surface area contributed by atoms with Crippen molar-refractivity contribution in [2.45, 2.75) is 0 Å². The molecule has 0 aliphatic rings. The fraction of sp³-hybridized carbons (Fsp3) is 0. The van der Waals surface area contributed by atoms with E-state index in [-0.39, 0.29) is 0 Å². The van der Waals surface area contributed by atoms with Crippen molar-refractivity contribution in [3.8, 4) is 45.8 Å². The highest BCUT2D eigenvalue weighted by molar-refractivity contribution is 6.19. The molecule has 0 spiro atoms. The van der Waals surface area contributed by atoms with E-state index < -0.39 is 0 Å². The van der Waals surface area contributed by atoms with Gasteiger partial charge in [0.05, 0.1) is 45.3 Å². The third-order valence-electron chi connectivity index (χ3n) is 9.40. The molecular weight excluding hydrogens is 585 g/mol. The van der Waals surface area contributed by atoms with Gasteiger partial charge in [-0.05, 0) is 77.4 Å². The van der Waals surface area contributed by atoms with Crippen LogP contribution >= 0.6 is 0 Å². The molecule has 9 rings (SSSR count). The minimum atomic E-state index is 0.484. The van der Waals surface area contributed by atoms with Crippen molar-refractivity contribution in [2.75, 3.05) is 0 Å². The molecule has 0 fully saturated rings. The van der Waals surface area contributed by atoms with Crippen molar-refractivity contribution in [1.82, 2.24) is 9.13 Å². The molecule has 0 saturated heterocycles. The summed E-state index contributed by atoms with van der Waals surface area (Å²) in [5, 5.41) is 24.6. The highest BCUT2D eigenvalue weighted by Gasteiger charge is 2.19. The number of nitrogens with zero attached hydrogens (tertiary/aromatic N) is 4. The second kappa shape index (κ2) is 10.9. The summed E-state index contributed by atoms with van der Waals surface area (Å²) >= 11 is 0. The van der Waals surface area contributed by atoms with Gasteiger partial charge in [0, 0.05) is 38.5 Å². The SMILES string of the molecule is N#Cc1cccc(C#N)c1-c1cccc(-n2c3ccccc3c3cc4c5ccccc5n(-c5ccc(-c6ccccc6)cc5)c4cc32)c1. The van der Waals surface area contributed by atoms with Crippen LogP contribution in [0.15, 0.2) is 158 Å². The van der Waals surface area contributed by atoms with Crippen molar-refractivity contribution in [2.24, 2.45) is 0 Å².